The highest BCUT2D eigenvalue weighted by atomic mass is 14.3. The van der Waals surface area contributed by atoms with Crippen LogP contribution in [0.15, 0.2) is 24.3 Å². The highest BCUT2D eigenvalue weighted by Crippen LogP contribution is 2.43. The zero-order valence-corrected chi connectivity index (χ0v) is 10.9. The number of benzene rings is 1. The monoisotopic (exact) mass is 239 g/mol. The average Bonchev–Trinajstić information content (AvgIpc) is 3.24. The van der Waals surface area contributed by atoms with Gasteiger partial charge in [0, 0.05) is 0 Å². The molecule has 0 radical (unpaired) electrons. The minimum atomic E-state index is 0.744. The normalized spacial score (nSPS) is 27.7. The predicted molar refractivity (Wildman–Crippen MR) is 73.2 cm³/mol. The molecule has 1 heteroatoms. The lowest BCUT2D eigenvalue weighted by Gasteiger charge is -2.28. The molecular formula is C17H21N. The minimum Gasteiger partial charge on any atom is -0.192 e. The van der Waals surface area contributed by atoms with Crippen LogP contribution in [0.4, 0.5) is 0 Å². The van der Waals surface area contributed by atoms with Crippen LogP contribution < -0.4 is 0 Å². The molecule has 0 bridgehead atoms. The SMILES string of the molecule is N#Cc1ccc(C2CCC(CC3CC3)CC2)cc1. The van der Waals surface area contributed by atoms with Crippen LogP contribution in [0.3, 0.4) is 0 Å². The quantitative estimate of drug-likeness (QED) is 0.754. The van der Waals surface area contributed by atoms with E-state index in [0.717, 1.165) is 23.3 Å². The molecule has 3 rings (SSSR count). The Hall–Kier alpha value is -1.29. The van der Waals surface area contributed by atoms with Crippen LogP contribution in [-0.2, 0) is 0 Å². The van der Waals surface area contributed by atoms with E-state index < -0.39 is 0 Å². The Balaban J connectivity index is 1.56. The van der Waals surface area contributed by atoms with Gasteiger partial charge >= 0.3 is 0 Å². The Kier molecular flexibility index (Phi) is 3.37. The summed E-state index contributed by atoms with van der Waals surface area (Å²) in [5, 5.41) is 8.81. The van der Waals surface area contributed by atoms with E-state index in [-0.39, 0.29) is 0 Å². The second-order valence-electron chi connectivity index (χ2n) is 6.13. The third kappa shape index (κ3) is 2.75. The van der Waals surface area contributed by atoms with Crippen LogP contribution in [0.5, 0.6) is 0 Å². The number of rotatable bonds is 3. The fourth-order valence-electron chi connectivity index (χ4n) is 3.39. The van der Waals surface area contributed by atoms with Gasteiger partial charge in [-0.15, -0.1) is 0 Å². The summed E-state index contributed by atoms with van der Waals surface area (Å²) in [5.41, 5.74) is 2.22. The number of hydrogen-bond acceptors (Lipinski definition) is 1. The third-order valence-electron chi connectivity index (χ3n) is 4.72. The van der Waals surface area contributed by atoms with Crippen LogP contribution in [0.25, 0.3) is 0 Å². The molecule has 0 unspecified atom stereocenters. The fraction of sp³-hybridized carbons (Fsp3) is 0.588. The van der Waals surface area contributed by atoms with Crippen molar-refractivity contribution in [2.45, 2.75) is 50.9 Å². The molecule has 0 aliphatic heterocycles. The van der Waals surface area contributed by atoms with Crippen molar-refractivity contribution >= 4 is 0 Å². The highest BCUT2D eigenvalue weighted by Gasteiger charge is 2.28. The Labute approximate surface area is 110 Å². The smallest absolute Gasteiger partial charge is 0.0991 e. The standard InChI is InChI=1S/C17H21N/c18-12-15-5-9-17(10-6-15)16-7-3-14(4-8-16)11-13-1-2-13/h5-6,9-10,13-14,16H,1-4,7-8,11H2. The van der Waals surface area contributed by atoms with Crippen molar-refractivity contribution < 1.29 is 0 Å². The Morgan fingerprint density at radius 2 is 1.44 bits per heavy atom. The van der Waals surface area contributed by atoms with E-state index in [1.54, 1.807) is 0 Å². The van der Waals surface area contributed by atoms with E-state index in [2.05, 4.69) is 18.2 Å². The molecular weight excluding hydrogens is 218 g/mol. The topological polar surface area (TPSA) is 23.8 Å². The van der Waals surface area contributed by atoms with E-state index in [0.29, 0.717) is 0 Å². The lowest BCUT2D eigenvalue weighted by Crippen LogP contribution is -2.13. The third-order valence-corrected chi connectivity index (χ3v) is 4.72. The molecule has 0 aromatic heterocycles. The minimum absolute atomic E-state index is 0.744. The van der Waals surface area contributed by atoms with Crippen molar-refractivity contribution in [1.82, 2.24) is 0 Å². The maximum Gasteiger partial charge on any atom is 0.0991 e. The maximum absolute atomic E-state index is 8.81. The second kappa shape index (κ2) is 5.14. The van der Waals surface area contributed by atoms with Crippen LogP contribution in [-0.4, -0.2) is 0 Å². The molecule has 0 heterocycles. The maximum atomic E-state index is 8.81. The molecule has 1 nitrogen and oxygen atoms in total. The molecule has 0 N–H and O–H groups in total. The Morgan fingerprint density at radius 3 is 1.94 bits per heavy atom. The van der Waals surface area contributed by atoms with Gasteiger partial charge in [-0.2, -0.15) is 5.26 Å². The van der Waals surface area contributed by atoms with E-state index >= 15 is 0 Å². The molecule has 1 aromatic rings. The first kappa shape index (κ1) is 11.8. The van der Waals surface area contributed by atoms with Crippen LogP contribution >= 0.6 is 0 Å². The van der Waals surface area contributed by atoms with Crippen molar-refractivity contribution in [3.8, 4) is 6.07 Å². The molecule has 2 saturated carbocycles. The molecule has 1 aromatic carbocycles. The van der Waals surface area contributed by atoms with Gasteiger partial charge in [0.25, 0.3) is 0 Å². The van der Waals surface area contributed by atoms with Crippen molar-refractivity contribution in [2.24, 2.45) is 11.8 Å². The lowest BCUT2D eigenvalue weighted by molar-refractivity contribution is 0.299. The van der Waals surface area contributed by atoms with Gasteiger partial charge in [0.15, 0.2) is 0 Å². The predicted octanol–water partition coefficient (Wildman–Crippen LogP) is 4.63. The number of nitrogens with zero attached hydrogens (tertiary/aromatic N) is 1. The molecule has 0 amide bonds. The summed E-state index contributed by atoms with van der Waals surface area (Å²) >= 11 is 0. The zero-order chi connectivity index (χ0) is 12.4. The largest absolute Gasteiger partial charge is 0.192 e. The summed E-state index contributed by atoms with van der Waals surface area (Å²) in [4.78, 5) is 0. The average molecular weight is 239 g/mol. The van der Waals surface area contributed by atoms with Crippen LogP contribution in [0.1, 0.15) is 62.0 Å². The van der Waals surface area contributed by atoms with E-state index in [4.69, 9.17) is 5.26 Å². The molecule has 0 spiro atoms. The van der Waals surface area contributed by atoms with Crippen LogP contribution in [0, 0.1) is 23.2 Å². The molecule has 94 valence electrons. The van der Waals surface area contributed by atoms with E-state index in [1.807, 2.05) is 12.1 Å². The van der Waals surface area contributed by atoms with Gasteiger partial charge in [-0.25, -0.2) is 0 Å². The molecule has 18 heavy (non-hydrogen) atoms. The van der Waals surface area contributed by atoms with Crippen molar-refractivity contribution in [1.29, 1.82) is 5.26 Å². The number of hydrogen-bond donors (Lipinski definition) is 0. The van der Waals surface area contributed by atoms with Gasteiger partial charge in [-0.1, -0.05) is 25.0 Å². The summed E-state index contributed by atoms with van der Waals surface area (Å²) in [6.45, 7) is 0. The van der Waals surface area contributed by atoms with Crippen molar-refractivity contribution in [2.75, 3.05) is 0 Å². The van der Waals surface area contributed by atoms with Gasteiger partial charge in [0.2, 0.25) is 0 Å². The Morgan fingerprint density at radius 1 is 0.889 bits per heavy atom. The molecule has 2 aliphatic carbocycles. The first-order chi connectivity index (χ1) is 8.85. The van der Waals surface area contributed by atoms with Gasteiger partial charge in [0.1, 0.15) is 0 Å². The van der Waals surface area contributed by atoms with Crippen LogP contribution in [0.2, 0.25) is 0 Å². The van der Waals surface area contributed by atoms with E-state index in [9.17, 15) is 0 Å². The molecule has 2 fully saturated rings. The summed E-state index contributed by atoms with van der Waals surface area (Å²) in [6, 6.07) is 10.4. The first-order valence-corrected chi connectivity index (χ1v) is 7.35. The van der Waals surface area contributed by atoms with Gasteiger partial charge in [-0.3, -0.25) is 0 Å². The van der Waals surface area contributed by atoms with Crippen molar-refractivity contribution in [3.63, 3.8) is 0 Å². The van der Waals surface area contributed by atoms with Gasteiger partial charge < -0.3 is 0 Å². The first-order valence-electron chi connectivity index (χ1n) is 7.35. The molecule has 2 aliphatic rings. The van der Waals surface area contributed by atoms with E-state index in [1.165, 1.54) is 50.5 Å². The van der Waals surface area contributed by atoms with Gasteiger partial charge in [-0.05, 0) is 67.6 Å². The fourth-order valence-corrected chi connectivity index (χ4v) is 3.39. The zero-order valence-electron chi connectivity index (χ0n) is 10.9. The number of nitriles is 1. The summed E-state index contributed by atoms with van der Waals surface area (Å²) in [7, 11) is 0. The summed E-state index contributed by atoms with van der Waals surface area (Å²) < 4.78 is 0. The second-order valence-corrected chi connectivity index (χ2v) is 6.13. The lowest BCUT2D eigenvalue weighted by atomic mass is 9.77. The van der Waals surface area contributed by atoms with Crippen molar-refractivity contribution in [3.05, 3.63) is 35.4 Å². The van der Waals surface area contributed by atoms with Gasteiger partial charge in [0.05, 0.1) is 11.6 Å². The summed E-state index contributed by atoms with van der Waals surface area (Å²) in [5.74, 6) is 2.83. The Bertz CT molecular complexity index is 428. The highest BCUT2D eigenvalue weighted by molar-refractivity contribution is 5.33. The molecule has 0 atom stereocenters. The molecule has 0 saturated heterocycles. The summed E-state index contributed by atoms with van der Waals surface area (Å²) in [6.07, 6.45) is 10.0.